The fraction of sp³-hybridized carbons (Fsp3) is 0.154. The Morgan fingerprint density at radius 1 is 1.32 bits per heavy atom. The molecule has 0 bridgehead atoms. The maximum absolute atomic E-state index is 6.16. The Bertz CT molecular complexity index is 722. The molecule has 0 amide bonds. The molecule has 3 aromatic rings. The molecule has 0 aliphatic heterocycles. The molecule has 19 heavy (non-hydrogen) atoms. The topological polar surface area (TPSA) is 55.6 Å². The summed E-state index contributed by atoms with van der Waals surface area (Å²) in [6, 6.07) is 7.62. The van der Waals surface area contributed by atoms with Gasteiger partial charge in [-0.3, -0.25) is 4.98 Å². The van der Waals surface area contributed by atoms with Crippen LogP contribution in [0.2, 0.25) is 5.02 Å². The minimum Gasteiger partial charge on any atom is -0.376 e. The second kappa shape index (κ2) is 4.85. The van der Waals surface area contributed by atoms with Gasteiger partial charge in [-0.1, -0.05) is 11.6 Å². The van der Waals surface area contributed by atoms with E-state index < -0.39 is 0 Å². The highest BCUT2D eigenvalue weighted by Gasteiger charge is 2.06. The number of rotatable bonds is 3. The van der Waals surface area contributed by atoms with Crippen LogP contribution in [0.25, 0.3) is 10.9 Å². The zero-order chi connectivity index (χ0) is 13.2. The molecule has 1 aromatic carbocycles. The molecule has 0 aliphatic rings. The Labute approximate surface area is 115 Å². The van der Waals surface area contributed by atoms with Crippen molar-refractivity contribution in [2.75, 3.05) is 5.32 Å². The minimum atomic E-state index is 0.587. The molecule has 0 spiro atoms. The summed E-state index contributed by atoms with van der Waals surface area (Å²) in [7, 11) is 1.91. The monoisotopic (exact) mass is 273 g/mol. The van der Waals surface area contributed by atoms with Crippen LogP contribution < -0.4 is 5.32 Å². The lowest BCUT2D eigenvalue weighted by Crippen LogP contribution is -2.06. The number of hydrogen-bond donors (Lipinski definition) is 1. The average Bonchev–Trinajstić information content (AvgIpc) is 2.84. The first-order chi connectivity index (χ1) is 9.25. The Morgan fingerprint density at radius 2 is 2.21 bits per heavy atom. The van der Waals surface area contributed by atoms with Crippen LogP contribution in [0.15, 0.2) is 36.8 Å². The molecule has 0 saturated heterocycles. The molecule has 96 valence electrons. The first-order valence-corrected chi connectivity index (χ1v) is 6.23. The van der Waals surface area contributed by atoms with Crippen LogP contribution in [0, 0.1) is 0 Å². The number of anilines is 1. The number of aromatic nitrogens is 4. The van der Waals surface area contributed by atoms with E-state index in [4.69, 9.17) is 11.6 Å². The lowest BCUT2D eigenvalue weighted by molar-refractivity contribution is 0.812. The number of pyridine rings is 1. The van der Waals surface area contributed by atoms with Crippen molar-refractivity contribution in [2.24, 2.45) is 7.05 Å². The van der Waals surface area contributed by atoms with E-state index in [0.717, 1.165) is 22.4 Å². The second-order valence-corrected chi connectivity index (χ2v) is 4.61. The maximum atomic E-state index is 6.16. The zero-order valence-corrected chi connectivity index (χ0v) is 11.1. The Kier molecular flexibility index (Phi) is 3.05. The van der Waals surface area contributed by atoms with Gasteiger partial charge in [-0.05, 0) is 24.3 Å². The fourth-order valence-electron chi connectivity index (χ4n) is 1.92. The van der Waals surface area contributed by atoms with E-state index >= 15 is 0 Å². The summed E-state index contributed by atoms with van der Waals surface area (Å²) in [5.41, 5.74) is 1.79. The molecular formula is C13H12ClN5. The van der Waals surface area contributed by atoms with Gasteiger partial charge >= 0.3 is 0 Å². The smallest absolute Gasteiger partial charge is 0.151 e. The summed E-state index contributed by atoms with van der Waals surface area (Å²) in [4.78, 5) is 4.37. The number of benzene rings is 1. The molecule has 3 rings (SSSR count). The van der Waals surface area contributed by atoms with Crippen LogP contribution in [-0.2, 0) is 13.6 Å². The van der Waals surface area contributed by atoms with Crippen LogP contribution in [-0.4, -0.2) is 19.7 Å². The predicted octanol–water partition coefficient (Wildman–Crippen LogP) is 2.63. The predicted molar refractivity (Wildman–Crippen MR) is 75.1 cm³/mol. The zero-order valence-electron chi connectivity index (χ0n) is 10.3. The van der Waals surface area contributed by atoms with Crippen LogP contribution >= 0.6 is 11.6 Å². The third kappa shape index (κ3) is 2.24. The average molecular weight is 274 g/mol. The van der Waals surface area contributed by atoms with Crippen molar-refractivity contribution in [3.8, 4) is 0 Å². The van der Waals surface area contributed by atoms with Crippen LogP contribution in [0.4, 0.5) is 5.69 Å². The molecular weight excluding hydrogens is 262 g/mol. The Hall–Kier alpha value is -2.14. The van der Waals surface area contributed by atoms with E-state index in [1.54, 1.807) is 12.5 Å². The van der Waals surface area contributed by atoms with Crippen molar-refractivity contribution in [3.63, 3.8) is 0 Å². The van der Waals surface area contributed by atoms with E-state index in [2.05, 4.69) is 20.5 Å². The number of hydrogen-bond acceptors (Lipinski definition) is 4. The first kappa shape index (κ1) is 11.9. The Morgan fingerprint density at radius 3 is 3.00 bits per heavy atom. The largest absolute Gasteiger partial charge is 0.376 e. The highest BCUT2D eigenvalue weighted by atomic mass is 35.5. The summed E-state index contributed by atoms with van der Waals surface area (Å²) < 4.78 is 1.87. The van der Waals surface area contributed by atoms with Gasteiger partial charge in [0, 0.05) is 18.6 Å². The number of nitrogens with zero attached hydrogens (tertiary/aromatic N) is 4. The molecule has 0 unspecified atom stereocenters. The number of halogens is 1. The van der Waals surface area contributed by atoms with Gasteiger partial charge in [0.2, 0.25) is 0 Å². The maximum Gasteiger partial charge on any atom is 0.151 e. The van der Waals surface area contributed by atoms with Crippen molar-refractivity contribution >= 4 is 28.2 Å². The lowest BCUT2D eigenvalue weighted by atomic mass is 10.2. The van der Waals surface area contributed by atoms with Gasteiger partial charge in [0.25, 0.3) is 0 Å². The number of fused-ring (bicyclic) bond motifs is 1. The Balaban J connectivity index is 1.93. The molecule has 0 saturated carbocycles. The van der Waals surface area contributed by atoms with E-state index in [0.29, 0.717) is 11.6 Å². The molecule has 0 atom stereocenters. The molecule has 0 aliphatic carbocycles. The fourth-order valence-corrected chi connectivity index (χ4v) is 2.14. The van der Waals surface area contributed by atoms with Crippen molar-refractivity contribution < 1.29 is 0 Å². The van der Waals surface area contributed by atoms with E-state index in [1.165, 1.54) is 0 Å². The van der Waals surface area contributed by atoms with Gasteiger partial charge < -0.3 is 9.88 Å². The van der Waals surface area contributed by atoms with Crippen molar-refractivity contribution in [1.29, 1.82) is 0 Å². The molecule has 0 fully saturated rings. The van der Waals surface area contributed by atoms with Crippen LogP contribution in [0.1, 0.15) is 5.82 Å². The lowest BCUT2D eigenvalue weighted by Gasteiger charge is -2.09. The van der Waals surface area contributed by atoms with Crippen LogP contribution in [0.3, 0.4) is 0 Å². The highest BCUT2D eigenvalue weighted by Crippen LogP contribution is 2.28. The van der Waals surface area contributed by atoms with Gasteiger partial charge in [-0.15, -0.1) is 10.2 Å². The van der Waals surface area contributed by atoms with Gasteiger partial charge in [0.15, 0.2) is 5.82 Å². The highest BCUT2D eigenvalue weighted by molar-refractivity contribution is 6.35. The standard InChI is InChI=1S/C13H12ClN5/c1-19-8-17-18-12(19)7-16-11-5-4-10(14)9-3-2-6-15-13(9)11/h2-6,8,16H,7H2,1H3. The third-order valence-corrected chi connectivity index (χ3v) is 3.29. The van der Waals surface area contributed by atoms with Crippen molar-refractivity contribution in [3.05, 3.63) is 47.6 Å². The van der Waals surface area contributed by atoms with Gasteiger partial charge in [0.1, 0.15) is 6.33 Å². The van der Waals surface area contributed by atoms with Gasteiger partial charge in [0.05, 0.1) is 22.8 Å². The molecule has 0 radical (unpaired) electrons. The second-order valence-electron chi connectivity index (χ2n) is 4.21. The van der Waals surface area contributed by atoms with E-state index in [9.17, 15) is 0 Å². The molecule has 2 heterocycles. The minimum absolute atomic E-state index is 0.587. The van der Waals surface area contributed by atoms with E-state index in [-0.39, 0.29) is 0 Å². The number of nitrogens with one attached hydrogen (secondary N) is 1. The SMILES string of the molecule is Cn1cnnc1CNc1ccc(Cl)c2cccnc12. The van der Waals surface area contributed by atoms with E-state index in [1.807, 2.05) is 35.9 Å². The summed E-state index contributed by atoms with van der Waals surface area (Å²) in [6.07, 6.45) is 3.43. The van der Waals surface area contributed by atoms with Crippen LogP contribution in [0.5, 0.6) is 0 Å². The van der Waals surface area contributed by atoms with Crippen molar-refractivity contribution in [2.45, 2.75) is 6.54 Å². The molecule has 5 nitrogen and oxygen atoms in total. The normalized spacial score (nSPS) is 10.8. The summed E-state index contributed by atoms with van der Waals surface area (Å²) in [6.45, 7) is 0.587. The van der Waals surface area contributed by atoms with Gasteiger partial charge in [-0.2, -0.15) is 0 Å². The van der Waals surface area contributed by atoms with Crippen molar-refractivity contribution in [1.82, 2.24) is 19.7 Å². The quantitative estimate of drug-likeness (QED) is 0.797. The molecule has 6 heteroatoms. The third-order valence-electron chi connectivity index (χ3n) is 2.96. The molecule has 2 aromatic heterocycles. The molecule has 1 N–H and O–H groups in total. The summed E-state index contributed by atoms with van der Waals surface area (Å²) in [5, 5.41) is 12.8. The first-order valence-electron chi connectivity index (χ1n) is 5.85. The summed E-state index contributed by atoms with van der Waals surface area (Å²) >= 11 is 6.16. The number of aryl methyl sites for hydroxylation is 1. The summed E-state index contributed by atoms with van der Waals surface area (Å²) in [5.74, 6) is 0.860. The van der Waals surface area contributed by atoms with Gasteiger partial charge in [-0.25, -0.2) is 0 Å².